The number of hydrogen-bond donors (Lipinski definition) is 2. The average molecular weight is 235 g/mol. The number of aliphatic hydroxyl groups is 1. The molecule has 1 aromatic rings. The molecule has 2 rings (SSSR count). The summed E-state index contributed by atoms with van der Waals surface area (Å²) < 4.78 is 5.39. The largest absolute Gasteiger partial charge is 0.378 e. The zero-order valence-corrected chi connectivity index (χ0v) is 9.63. The lowest BCUT2D eigenvalue weighted by Crippen LogP contribution is -2.35. The van der Waals surface area contributed by atoms with E-state index in [4.69, 9.17) is 4.74 Å². The number of rotatable bonds is 4. The molecule has 0 radical (unpaired) electrons. The molecule has 1 fully saturated rings. The van der Waals surface area contributed by atoms with Gasteiger partial charge in [0.2, 0.25) is 0 Å². The van der Waals surface area contributed by atoms with Crippen LogP contribution in [0.4, 0.5) is 0 Å². The summed E-state index contributed by atoms with van der Waals surface area (Å²) in [5.41, 5.74) is 0.609. The molecule has 1 aliphatic heterocycles. The number of aliphatic hydroxyl groups excluding tert-OH is 1. The lowest BCUT2D eigenvalue weighted by molar-refractivity contribution is -0.130. The van der Waals surface area contributed by atoms with Crippen molar-refractivity contribution in [1.82, 2.24) is 5.32 Å². The van der Waals surface area contributed by atoms with Crippen molar-refractivity contribution in [2.75, 3.05) is 13.2 Å². The van der Waals surface area contributed by atoms with E-state index in [1.54, 1.807) is 24.3 Å². The molecule has 0 bridgehead atoms. The SMILES string of the molecule is O=C(NCC1CCCO1)C(O)c1ccccc1. The topological polar surface area (TPSA) is 58.6 Å². The lowest BCUT2D eigenvalue weighted by atomic mass is 10.1. The summed E-state index contributed by atoms with van der Waals surface area (Å²) in [5, 5.41) is 12.5. The number of nitrogens with one attached hydrogen (secondary N) is 1. The molecule has 1 aliphatic rings. The van der Waals surface area contributed by atoms with Crippen molar-refractivity contribution in [2.24, 2.45) is 0 Å². The van der Waals surface area contributed by atoms with Crippen LogP contribution in [0.15, 0.2) is 30.3 Å². The van der Waals surface area contributed by atoms with Gasteiger partial charge in [0.15, 0.2) is 6.10 Å². The van der Waals surface area contributed by atoms with Gasteiger partial charge in [0.25, 0.3) is 5.91 Å². The van der Waals surface area contributed by atoms with Gasteiger partial charge in [-0.05, 0) is 18.4 Å². The van der Waals surface area contributed by atoms with Gasteiger partial charge >= 0.3 is 0 Å². The van der Waals surface area contributed by atoms with Crippen LogP contribution < -0.4 is 5.32 Å². The molecule has 2 unspecified atom stereocenters. The first-order valence-corrected chi connectivity index (χ1v) is 5.89. The summed E-state index contributed by atoms with van der Waals surface area (Å²) in [6.45, 7) is 1.24. The van der Waals surface area contributed by atoms with Crippen LogP contribution in [0, 0.1) is 0 Å². The molecule has 92 valence electrons. The highest BCUT2D eigenvalue weighted by Crippen LogP contribution is 2.13. The van der Waals surface area contributed by atoms with E-state index in [0.29, 0.717) is 12.1 Å². The van der Waals surface area contributed by atoms with E-state index >= 15 is 0 Å². The number of benzene rings is 1. The quantitative estimate of drug-likeness (QED) is 0.819. The van der Waals surface area contributed by atoms with Gasteiger partial charge in [-0.1, -0.05) is 30.3 Å². The van der Waals surface area contributed by atoms with Crippen LogP contribution in [0.3, 0.4) is 0 Å². The minimum atomic E-state index is -1.10. The molecule has 1 amide bonds. The van der Waals surface area contributed by atoms with Gasteiger partial charge in [-0.25, -0.2) is 0 Å². The van der Waals surface area contributed by atoms with Crippen molar-refractivity contribution in [3.05, 3.63) is 35.9 Å². The van der Waals surface area contributed by atoms with Gasteiger partial charge in [0.1, 0.15) is 0 Å². The first kappa shape index (κ1) is 12.1. The van der Waals surface area contributed by atoms with Crippen molar-refractivity contribution in [3.8, 4) is 0 Å². The Morgan fingerprint density at radius 2 is 2.24 bits per heavy atom. The van der Waals surface area contributed by atoms with E-state index < -0.39 is 6.10 Å². The Kier molecular flexibility index (Phi) is 4.12. The van der Waals surface area contributed by atoms with Gasteiger partial charge in [-0.15, -0.1) is 0 Å². The van der Waals surface area contributed by atoms with Gasteiger partial charge < -0.3 is 15.2 Å². The highest BCUT2D eigenvalue weighted by Gasteiger charge is 2.20. The minimum Gasteiger partial charge on any atom is -0.378 e. The van der Waals surface area contributed by atoms with Crippen LogP contribution in [0.2, 0.25) is 0 Å². The molecule has 0 saturated carbocycles. The number of ether oxygens (including phenoxy) is 1. The zero-order valence-electron chi connectivity index (χ0n) is 9.63. The molecule has 0 spiro atoms. The second-order valence-corrected chi connectivity index (χ2v) is 4.19. The van der Waals surface area contributed by atoms with Crippen molar-refractivity contribution in [2.45, 2.75) is 25.0 Å². The van der Waals surface area contributed by atoms with Crippen LogP contribution in [0.5, 0.6) is 0 Å². The first-order chi connectivity index (χ1) is 8.27. The molecule has 1 aromatic carbocycles. The third-order valence-corrected chi connectivity index (χ3v) is 2.89. The highest BCUT2D eigenvalue weighted by molar-refractivity contribution is 5.81. The highest BCUT2D eigenvalue weighted by atomic mass is 16.5. The monoisotopic (exact) mass is 235 g/mol. The minimum absolute atomic E-state index is 0.0990. The summed E-state index contributed by atoms with van der Waals surface area (Å²) in [5.74, 6) is -0.369. The van der Waals surface area contributed by atoms with Crippen molar-refractivity contribution >= 4 is 5.91 Å². The molecule has 1 heterocycles. The van der Waals surface area contributed by atoms with Crippen LogP contribution in [0.1, 0.15) is 24.5 Å². The van der Waals surface area contributed by atoms with E-state index in [2.05, 4.69) is 5.32 Å². The predicted octanol–water partition coefficient (Wildman–Crippen LogP) is 1.02. The number of amides is 1. The molecule has 0 aromatic heterocycles. The fourth-order valence-electron chi connectivity index (χ4n) is 1.90. The van der Waals surface area contributed by atoms with E-state index in [1.165, 1.54) is 0 Å². The third kappa shape index (κ3) is 3.28. The average Bonchev–Trinajstić information content (AvgIpc) is 2.89. The smallest absolute Gasteiger partial charge is 0.253 e. The molecule has 17 heavy (non-hydrogen) atoms. The van der Waals surface area contributed by atoms with E-state index in [-0.39, 0.29) is 12.0 Å². The van der Waals surface area contributed by atoms with Gasteiger partial charge in [-0.2, -0.15) is 0 Å². The Morgan fingerprint density at radius 3 is 2.88 bits per heavy atom. The standard InChI is InChI=1S/C13H17NO3/c15-12(10-5-2-1-3-6-10)13(16)14-9-11-7-4-8-17-11/h1-3,5-6,11-12,15H,4,7-9H2,(H,14,16). The van der Waals surface area contributed by atoms with Gasteiger partial charge in [0.05, 0.1) is 6.10 Å². The normalized spacial score (nSPS) is 21.1. The Bertz CT molecular complexity index is 360. The summed E-state index contributed by atoms with van der Waals surface area (Å²) >= 11 is 0. The maximum absolute atomic E-state index is 11.7. The second kappa shape index (κ2) is 5.80. The van der Waals surface area contributed by atoms with Crippen LogP contribution in [-0.4, -0.2) is 30.3 Å². The second-order valence-electron chi connectivity index (χ2n) is 4.19. The fraction of sp³-hybridized carbons (Fsp3) is 0.462. The molecular formula is C13H17NO3. The van der Waals surface area contributed by atoms with Crippen molar-refractivity contribution in [1.29, 1.82) is 0 Å². The van der Waals surface area contributed by atoms with Crippen LogP contribution in [0.25, 0.3) is 0 Å². The number of carbonyl (C=O) groups is 1. The number of hydrogen-bond acceptors (Lipinski definition) is 3. The maximum Gasteiger partial charge on any atom is 0.253 e. The Balaban J connectivity index is 1.83. The Hall–Kier alpha value is -1.39. The Labute approximate surface area is 101 Å². The van der Waals surface area contributed by atoms with Crippen molar-refractivity contribution < 1.29 is 14.6 Å². The molecule has 0 aliphatic carbocycles. The summed E-state index contributed by atoms with van der Waals surface area (Å²) in [7, 11) is 0. The molecule has 4 nitrogen and oxygen atoms in total. The molecule has 2 atom stereocenters. The predicted molar refractivity (Wildman–Crippen MR) is 63.4 cm³/mol. The Morgan fingerprint density at radius 1 is 1.47 bits per heavy atom. The third-order valence-electron chi connectivity index (χ3n) is 2.89. The fourth-order valence-corrected chi connectivity index (χ4v) is 1.90. The zero-order chi connectivity index (χ0) is 12.1. The van der Waals surface area contributed by atoms with Crippen LogP contribution in [-0.2, 0) is 9.53 Å². The number of carbonyl (C=O) groups excluding carboxylic acids is 1. The van der Waals surface area contributed by atoms with E-state index in [9.17, 15) is 9.90 Å². The molecule has 1 saturated heterocycles. The maximum atomic E-state index is 11.7. The van der Waals surface area contributed by atoms with Gasteiger partial charge in [0, 0.05) is 13.2 Å². The van der Waals surface area contributed by atoms with Crippen LogP contribution >= 0.6 is 0 Å². The molecular weight excluding hydrogens is 218 g/mol. The molecule has 4 heteroatoms. The summed E-state index contributed by atoms with van der Waals surface area (Å²) in [6, 6.07) is 8.91. The molecule has 2 N–H and O–H groups in total. The van der Waals surface area contributed by atoms with Gasteiger partial charge in [-0.3, -0.25) is 4.79 Å². The van der Waals surface area contributed by atoms with E-state index in [0.717, 1.165) is 19.4 Å². The summed E-state index contributed by atoms with van der Waals surface area (Å²) in [6.07, 6.45) is 1.02. The van der Waals surface area contributed by atoms with Crippen molar-refractivity contribution in [3.63, 3.8) is 0 Å². The first-order valence-electron chi connectivity index (χ1n) is 5.89. The van der Waals surface area contributed by atoms with E-state index in [1.807, 2.05) is 6.07 Å². The lowest BCUT2D eigenvalue weighted by Gasteiger charge is -2.14. The summed E-state index contributed by atoms with van der Waals surface area (Å²) in [4.78, 5) is 11.7.